The van der Waals surface area contributed by atoms with E-state index in [0.29, 0.717) is 35.5 Å². The summed E-state index contributed by atoms with van der Waals surface area (Å²) in [6, 6.07) is 6.91. The molecule has 0 aliphatic carbocycles. The Morgan fingerprint density at radius 2 is 1.92 bits per heavy atom. The van der Waals surface area contributed by atoms with Crippen LogP contribution in [0.4, 0.5) is 0 Å². The lowest BCUT2D eigenvalue weighted by Gasteiger charge is -2.13. The molecule has 4 rings (SSSR count). The number of hydrogen-bond donors (Lipinski definition) is 2. The van der Waals surface area contributed by atoms with Crippen molar-refractivity contribution in [3.05, 3.63) is 64.3 Å². The number of aryl methyl sites for hydroxylation is 1. The molecule has 4 aromatic rings. The van der Waals surface area contributed by atoms with Gasteiger partial charge in [0.2, 0.25) is 0 Å². The number of nitrogens with zero attached hydrogens (tertiary/aromatic N) is 4. The first-order valence-corrected chi connectivity index (χ1v) is 12.8. The molecule has 0 saturated heterocycles. The summed E-state index contributed by atoms with van der Waals surface area (Å²) in [6.45, 7) is 6.16. The summed E-state index contributed by atoms with van der Waals surface area (Å²) in [4.78, 5) is 36.4. The number of aromatic nitrogens is 5. The molecule has 1 amide bonds. The van der Waals surface area contributed by atoms with Crippen molar-refractivity contribution in [3.63, 3.8) is 0 Å². The molecule has 3 aromatic heterocycles. The highest BCUT2D eigenvalue weighted by molar-refractivity contribution is 7.90. The molecule has 2 N–H and O–H groups in total. The van der Waals surface area contributed by atoms with Gasteiger partial charge in [0.05, 0.1) is 22.8 Å². The topological polar surface area (TPSA) is 149 Å². The fourth-order valence-corrected chi connectivity index (χ4v) is 4.78. The van der Waals surface area contributed by atoms with Crippen LogP contribution >= 0.6 is 0 Å². The van der Waals surface area contributed by atoms with Crippen molar-refractivity contribution in [2.45, 2.75) is 32.1 Å². The highest BCUT2D eigenvalue weighted by Crippen LogP contribution is 2.31. The molecule has 0 saturated carbocycles. The summed E-state index contributed by atoms with van der Waals surface area (Å²) in [5.41, 5.74) is 1.41. The van der Waals surface area contributed by atoms with Gasteiger partial charge < -0.3 is 9.72 Å². The zero-order chi connectivity index (χ0) is 26.0. The monoisotopic (exact) mass is 510 g/mol. The molecule has 0 fully saturated rings. The molecular formula is C24H26N6O5S. The van der Waals surface area contributed by atoms with Gasteiger partial charge in [-0.05, 0) is 49.6 Å². The van der Waals surface area contributed by atoms with Crippen LogP contribution in [0.2, 0.25) is 0 Å². The second-order valence-corrected chi connectivity index (χ2v) is 10.2. The summed E-state index contributed by atoms with van der Waals surface area (Å²) in [5.74, 6) is -0.0567. The van der Waals surface area contributed by atoms with E-state index in [-0.39, 0.29) is 27.8 Å². The third-order valence-electron chi connectivity index (χ3n) is 5.35. The predicted molar refractivity (Wildman–Crippen MR) is 133 cm³/mol. The molecule has 0 atom stereocenters. The summed E-state index contributed by atoms with van der Waals surface area (Å²) in [7, 11) is -2.58. The fourth-order valence-electron chi connectivity index (χ4n) is 3.78. The summed E-state index contributed by atoms with van der Waals surface area (Å²) in [6.07, 6.45) is 3.39. The maximum atomic E-state index is 13.0. The summed E-state index contributed by atoms with van der Waals surface area (Å²) in [5, 5.41) is 4.46. The van der Waals surface area contributed by atoms with Gasteiger partial charge in [-0.3, -0.25) is 19.3 Å². The summed E-state index contributed by atoms with van der Waals surface area (Å²) >= 11 is 0. The molecule has 0 bridgehead atoms. The van der Waals surface area contributed by atoms with Crippen LogP contribution < -0.4 is 15.0 Å². The predicted octanol–water partition coefficient (Wildman–Crippen LogP) is 2.43. The van der Waals surface area contributed by atoms with Gasteiger partial charge >= 0.3 is 0 Å². The molecule has 188 valence electrons. The second-order valence-electron chi connectivity index (χ2n) is 8.54. The zero-order valence-corrected chi connectivity index (χ0v) is 21.1. The van der Waals surface area contributed by atoms with Crippen LogP contribution in [-0.4, -0.2) is 45.7 Å². The van der Waals surface area contributed by atoms with E-state index in [0.717, 1.165) is 0 Å². The number of carbonyl (C=O) groups excluding carboxylic acids is 1. The normalized spacial score (nSPS) is 11.7. The number of pyridine rings is 1. The highest BCUT2D eigenvalue weighted by Gasteiger charge is 2.23. The molecule has 11 nitrogen and oxygen atoms in total. The number of sulfonamides is 1. The van der Waals surface area contributed by atoms with Crippen LogP contribution in [0.1, 0.15) is 36.8 Å². The standard InChI is InChI=1S/C24H26N6O5S/c1-5-35-19-7-6-16(36(33,34)29-23(31)15-8-10-25-11-9-15)13-17(19)22-26-20-18(12-14(2)3)28-30(4)21(20)24(32)27-22/h6-11,13-14H,5,12H2,1-4H3,(H,29,31)(H,26,27,32). The molecule has 0 unspecified atom stereocenters. The lowest BCUT2D eigenvalue weighted by atomic mass is 10.1. The number of amides is 1. The average molecular weight is 511 g/mol. The average Bonchev–Trinajstić information content (AvgIpc) is 3.14. The Morgan fingerprint density at radius 3 is 2.58 bits per heavy atom. The Bertz CT molecular complexity index is 1590. The number of benzene rings is 1. The van der Waals surface area contributed by atoms with E-state index in [1.54, 1.807) is 14.0 Å². The second kappa shape index (κ2) is 9.90. The van der Waals surface area contributed by atoms with Gasteiger partial charge in [-0.25, -0.2) is 18.1 Å². The fraction of sp³-hybridized carbons (Fsp3) is 0.292. The minimum absolute atomic E-state index is 0.131. The Morgan fingerprint density at radius 1 is 1.19 bits per heavy atom. The van der Waals surface area contributed by atoms with Gasteiger partial charge in [0.15, 0.2) is 5.52 Å². The van der Waals surface area contributed by atoms with Crippen LogP contribution in [0.15, 0.2) is 52.4 Å². The van der Waals surface area contributed by atoms with E-state index < -0.39 is 21.5 Å². The zero-order valence-electron chi connectivity index (χ0n) is 20.3. The minimum Gasteiger partial charge on any atom is -0.493 e. The number of fused-ring (bicyclic) bond motifs is 1. The van der Waals surface area contributed by atoms with Crippen LogP contribution in [-0.2, 0) is 23.5 Å². The molecule has 3 heterocycles. The SMILES string of the molecule is CCOc1ccc(S(=O)(=O)NC(=O)c2ccncc2)cc1-c1nc2c(CC(C)C)nn(C)c2c(=O)[nH]1. The smallest absolute Gasteiger partial charge is 0.277 e. The molecule has 0 spiro atoms. The van der Waals surface area contributed by atoms with Gasteiger partial charge in [0.1, 0.15) is 17.1 Å². The van der Waals surface area contributed by atoms with Crippen molar-refractivity contribution in [1.29, 1.82) is 0 Å². The molecule has 0 aliphatic rings. The first-order chi connectivity index (χ1) is 17.1. The quantitative estimate of drug-likeness (QED) is 0.367. The van der Waals surface area contributed by atoms with E-state index in [4.69, 9.17) is 4.74 Å². The summed E-state index contributed by atoms with van der Waals surface area (Å²) < 4.78 is 35.3. The number of hydrogen-bond acceptors (Lipinski definition) is 8. The van der Waals surface area contributed by atoms with Crippen LogP contribution in [0.3, 0.4) is 0 Å². The third kappa shape index (κ3) is 4.98. The van der Waals surface area contributed by atoms with Crippen molar-refractivity contribution in [2.75, 3.05) is 6.61 Å². The van der Waals surface area contributed by atoms with E-state index in [9.17, 15) is 18.0 Å². The maximum Gasteiger partial charge on any atom is 0.277 e. The third-order valence-corrected chi connectivity index (χ3v) is 6.68. The van der Waals surface area contributed by atoms with Crippen LogP contribution in [0.25, 0.3) is 22.4 Å². The maximum absolute atomic E-state index is 13.0. The number of nitrogens with one attached hydrogen (secondary N) is 2. The Kier molecular flexibility index (Phi) is 6.88. The lowest BCUT2D eigenvalue weighted by Crippen LogP contribution is -2.30. The highest BCUT2D eigenvalue weighted by atomic mass is 32.2. The van der Waals surface area contributed by atoms with E-state index in [2.05, 4.69) is 24.8 Å². The van der Waals surface area contributed by atoms with E-state index in [1.165, 1.54) is 47.4 Å². The van der Waals surface area contributed by atoms with Gasteiger partial charge in [-0.1, -0.05) is 13.8 Å². The first-order valence-electron chi connectivity index (χ1n) is 11.3. The van der Waals surface area contributed by atoms with Crippen molar-refractivity contribution >= 4 is 27.0 Å². The van der Waals surface area contributed by atoms with Gasteiger partial charge in [-0.15, -0.1) is 0 Å². The Hall–Kier alpha value is -4.06. The molecular weight excluding hydrogens is 484 g/mol. The van der Waals surface area contributed by atoms with Gasteiger partial charge in [0, 0.05) is 25.0 Å². The molecule has 0 radical (unpaired) electrons. The molecule has 36 heavy (non-hydrogen) atoms. The molecule has 12 heteroatoms. The Labute approximate surface area is 207 Å². The number of rotatable bonds is 8. The first kappa shape index (κ1) is 25.0. The largest absolute Gasteiger partial charge is 0.493 e. The van der Waals surface area contributed by atoms with E-state index in [1.807, 2.05) is 13.8 Å². The van der Waals surface area contributed by atoms with Crippen molar-refractivity contribution in [1.82, 2.24) is 29.5 Å². The van der Waals surface area contributed by atoms with Gasteiger partial charge in [-0.2, -0.15) is 5.10 Å². The Balaban J connectivity index is 1.82. The number of carbonyl (C=O) groups is 1. The number of aromatic amines is 1. The lowest BCUT2D eigenvalue weighted by molar-refractivity contribution is 0.0981. The van der Waals surface area contributed by atoms with E-state index >= 15 is 0 Å². The minimum atomic E-state index is -4.25. The van der Waals surface area contributed by atoms with Crippen molar-refractivity contribution in [2.24, 2.45) is 13.0 Å². The van der Waals surface area contributed by atoms with Crippen LogP contribution in [0, 0.1) is 5.92 Å². The number of ether oxygens (including phenoxy) is 1. The molecule has 0 aliphatic heterocycles. The molecule has 1 aromatic carbocycles. The van der Waals surface area contributed by atoms with Crippen molar-refractivity contribution in [3.8, 4) is 17.1 Å². The van der Waals surface area contributed by atoms with Crippen LogP contribution in [0.5, 0.6) is 5.75 Å². The number of H-pyrrole nitrogens is 1. The van der Waals surface area contributed by atoms with Gasteiger partial charge in [0.25, 0.3) is 21.5 Å². The van der Waals surface area contributed by atoms with Crippen molar-refractivity contribution < 1.29 is 17.9 Å².